The number of carbonyl (C=O) groups is 2. The van der Waals surface area contributed by atoms with E-state index in [1.54, 1.807) is 53.4 Å². The third kappa shape index (κ3) is 4.92. The molecule has 30 heavy (non-hydrogen) atoms. The van der Waals surface area contributed by atoms with Gasteiger partial charge in [0.2, 0.25) is 0 Å². The molecule has 0 unspecified atom stereocenters. The van der Waals surface area contributed by atoms with Crippen molar-refractivity contribution in [2.45, 2.75) is 26.4 Å². The van der Waals surface area contributed by atoms with Crippen LogP contribution in [0.3, 0.4) is 0 Å². The minimum absolute atomic E-state index is 0.0307. The molecule has 150 valence electrons. The van der Waals surface area contributed by atoms with Gasteiger partial charge in [0.05, 0.1) is 11.3 Å². The molecule has 0 aliphatic heterocycles. The Kier molecular flexibility index (Phi) is 6.61. The van der Waals surface area contributed by atoms with Crippen LogP contribution in [0.25, 0.3) is 0 Å². The summed E-state index contributed by atoms with van der Waals surface area (Å²) in [4.78, 5) is 27.4. The minimum Gasteiger partial charge on any atom is -0.332 e. The van der Waals surface area contributed by atoms with E-state index in [9.17, 15) is 9.59 Å². The van der Waals surface area contributed by atoms with E-state index in [0.717, 1.165) is 5.56 Å². The molecule has 3 aromatic carbocycles. The Morgan fingerprint density at radius 3 is 2.13 bits per heavy atom. The SMILES string of the molecule is CC(C)N(Cc1ccccc1)C(=O)c1ccc(C(=O)Nc2ccccc2C#N)cc1. The van der Waals surface area contributed by atoms with E-state index in [0.29, 0.717) is 28.9 Å². The molecule has 0 spiro atoms. The number of nitrogens with one attached hydrogen (secondary N) is 1. The Morgan fingerprint density at radius 1 is 0.900 bits per heavy atom. The number of para-hydroxylation sites is 1. The summed E-state index contributed by atoms with van der Waals surface area (Å²) in [6, 6.07) is 25.3. The highest BCUT2D eigenvalue weighted by molar-refractivity contribution is 6.05. The molecule has 2 amide bonds. The van der Waals surface area contributed by atoms with Crippen molar-refractivity contribution < 1.29 is 9.59 Å². The first kappa shape index (κ1) is 20.8. The summed E-state index contributed by atoms with van der Waals surface area (Å²) in [7, 11) is 0. The third-order valence-corrected chi connectivity index (χ3v) is 4.77. The zero-order valence-corrected chi connectivity index (χ0v) is 17.0. The predicted octanol–water partition coefficient (Wildman–Crippen LogP) is 4.86. The lowest BCUT2D eigenvalue weighted by molar-refractivity contribution is 0.0690. The maximum atomic E-state index is 13.0. The molecular weight excluding hydrogens is 374 g/mol. The van der Waals surface area contributed by atoms with Gasteiger partial charge in [0, 0.05) is 23.7 Å². The zero-order chi connectivity index (χ0) is 21.5. The van der Waals surface area contributed by atoms with Crippen LogP contribution in [0, 0.1) is 11.3 Å². The van der Waals surface area contributed by atoms with Crippen molar-refractivity contribution in [3.63, 3.8) is 0 Å². The predicted molar refractivity (Wildman–Crippen MR) is 117 cm³/mol. The Labute approximate surface area is 176 Å². The molecule has 1 N–H and O–H groups in total. The molecule has 3 aromatic rings. The van der Waals surface area contributed by atoms with Gasteiger partial charge >= 0.3 is 0 Å². The molecule has 0 radical (unpaired) electrons. The fraction of sp³-hybridized carbons (Fsp3) is 0.160. The highest BCUT2D eigenvalue weighted by Gasteiger charge is 2.19. The van der Waals surface area contributed by atoms with Crippen LogP contribution in [0.4, 0.5) is 5.69 Å². The van der Waals surface area contributed by atoms with Gasteiger partial charge in [-0.05, 0) is 55.8 Å². The fourth-order valence-corrected chi connectivity index (χ4v) is 3.08. The van der Waals surface area contributed by atoms with Crippen molar-refractivity contribution in [3.05, 3.63) is 101 Å². The molecule has 0 bridgehead atoms. The summed E-state index contributed by atoms with van der Waals surface area (Å²) < 4.78 is 0. The number of nitriles is 1. The molecule has 0 atom stereocenters. The monoisotopic (exact) mass is 397 g/mol. The van der Waals surface area contributed by atoms with E-state index < -0.39 is 0 Å². The molecule has 0 aliphatic rings. The first-order valence-corrected chi connectivity index (χ1v) is 9.75. The molecule has 0 saturated carbocycles. The number of carbonyl (C=O) groups excluding carboxylic acids is 2. The normalized spacial score (nSPS) is 10.3. The maximum Gasteiger partial charge on any atom is 0.255 e. The standard InChI is InChI=1S/C25H23N3O2/c1-18(2)28(17-19-8-4-3-5-9-19)25(30)21-14-12-20(13-15-21)24(29)27-23-11-7-6-10-22(23)16-26/h3-15,18H,17H2,1-2H3,(H,27,29). The van der Waals surface area contributed by atoms with Crippen molar-refractivity contribution in [1.29, 1.82) is 5.26 Å². The first-order valence-electron chi connectivity index (χ1n) is 9.75. The molecule has 0 aliphatic carbocycles. The Bertz CT molecular complexity index is 1070. The van der Waals surface area contributed by atoms with E-state index in [2.05, 4.69) is 11.4 Å². The van der Waals surface area contributed by atoms with Crippen molar-refractivity contribution in [3.8, 4) is 6.07 Å². The molecule has 5 nitrogen and oxygen atoms in total. The Balaban J connectivity index is 1.74. The Morgan fingerprint density at radius 2 is 1.50 bits per heavy atom. The number of rotatable bonds is 6. The van der Waals surface area contributed by atoms with Crippen molar-refractivity contribution >= 4 is 17.5 Å². The van der Waals surface area contributed by atoms with Crippen LogP contribution in [0.15, 0.2) is 78.9 Å². The molecule has 0 heterocycles. The van der Waals surface area contributed by atoms with Crippen LogP contribution in [-0.2, 0) is 6.54 Å². The van der Waals surface area contributed by atoms with Gasteiger partial charge in [-0.2, -0.15) is 5.26 Å². The highest BCUT2D eigenvalue weighted by atomic mass is 16.2. The van der Waals surface area contributed by atoms with Crippen molar-refractivity contribution in [2.24, 2.45) is 0 Å². The lowest BCUT2D eigenvalue weighted by atomic mass is 10.1. The van der Waals surface area contributed by atoms with Gasteiger partial charge in [-0.25, -0.2) is 0 Å². The summed E-state index contributed by atoms with van der Waals surface area (Å²) in [5, 5.41) is 11.9. The lowest BCUT2D eigenvalue weighted by Crippen LogP contribution is -2.36. The van der Waals surface area contributed by atoms with Gasteiger partial charge in [0.1, 0.15) is 6.07 Å². The zero-order valence-electron chi connectivity index (χ0n) is 17.0. The van der Waals surface area contributed by atoms with Crippen LogP contribution < -0.4 is 5.32 Å². The van der Waals surface area contributed by atoms with Crippen molar-refractivity contribution in [2.75, 3.05) is 5.32 Å². The number of benzene rings is 3. The van der Waals surface area contributed by atoms with Crippen LogP contribution in [0.5, 0.6) is 0 Å². The van der Waals surface area contributed by atoms with Gasteiger partial charge in [-0.1, -0.05) is 42.5 Å². The van der Waals surface area contributed by atoms with Gasteiger partial charge < -0.3 is 10.2 Å². The van der Waals surface area contributed by atoms with Gasteiger partial charge in [0.25, 0.3) is 11.8 Å². The number of anilines is 1. The number of nitrogens with zero attached hydrogens (tertiary/aromatic N) is 2. The largest absolute Gasteiger partial charge is 0.332 e. The van der Waals surface area contributed by atoms with Crippen LogP contribution >= 0.6 is 0 Å². The minimum atomic E-state index is -0.332. The van der Waals surface area contributed by atoms with Gasteiger partial charge in [0.15, 0.2) is 0 Å². The lowest BCUT2D eigenvalue weighted by Gasteiger charge is -2.27. The summed E-state index contributed by atoms with van der Waals surface area (Å²) in [5.41, 5.74) is 2.85. The van der Waals surface area contributed by atoms with E-state index in [1.165, 1.54) is 0 Å². The van der Waals surface area contributed by atoms with Gasteiger partial charge in [-0.15, -0.1) is 0 Å². The topological polar surface area (TPSA) is 73.2 Å². The smallest absolute Gasteiger partial charge is 0.255 e. The van der Waals surface area contributed by atoms with Crippen LogP contribution in [0.2, 0.25) is 0 Å². The van der Waals surface area contributed by atoms with E-state index in [-0.39, 0.29) is 17.9 Å². The van der Waals surface area contributed by atoms with Crippen LogP contribution in [0.1, 0.15) is 45.7 Å². The first-order chi connectivity index (χ1) is 14.5. The molecule has 0 saturated heterocycles. The summed E-state index contributed by atoms with van der Waals surface area (Å²) in [6.45, 7) is 4.48. The highest BCUT2D eigenvalue weighted by Crippen LogP contribution is 2.17. The average molecular weight is 397 g/mol. The average Bonchev–Trinajstić information content (AvgIpc) is 2.78. The molecule has 3 rings (SSSR count). The number of hydrogen-bond donors (Lipinski definition) is 1. The van der Waals surface area contributed by atoms with E-state index in [1.807, 2.05) is 44.2 Å². The second-order valence-electron chi connectivity index (χ2n) is 7.20. The van der Waals surface area contributed by atoms with E-state index >= 15 is 0 Å². The molecule has 0 fully saturated rings. The third-order valence-electron chi connectivity index (χ3n) is 4.77. The maximum absolute atomic E-state index is 13.0. The van der Waals surface area contributed by atoms with E-state index in [4.69, 9.17) is 5.26 Å². The van der Waals surface area contributed by atoms with Crippen LogP contribution in [-0.4, -0.2) is 22.8 Å². The Hall–Kier alpha value is -3.91. The fourth-order valence-electron chi connectivity index (χ4n) is 3.08. The second kappa shape index (κ2) is 9.53. The van der Waals surface area contributed by atoms with Crippen molar-refractivity contribution in [1.82, 2.24) is 4.90 Å². The second-order valence-corrected chi connectivity index (χ2v) is 7.20. The summed E-state index contributed by atoms with van der Waals surface area (Å²) in [6.07, 6.45) is 0. The number of hydrogen-bond acceptors (Lipinski definition) is 3. The summed E-state index contributed by atoms with van der Waals surface area (Å²) in [5.74, 6) is -0.419. The summed E-state index contributed by atoms with van der Waals surface area (Å²) >= 11 is 0. The molecule has 5 heteroatoms. The van der Waals surface area contributed by atoms with Gasteiger partial charge in [-0.3, -0.25) is 9.59 Å². The molecular formula is C25H23N3O2. The molecule has 0 aromatic heterocycles. The quantitative estimate of drug-likeness (QED) is 0.645. The number of amides is 2.